The standard InChI is InChI=1S/C29H23I2NO5/c1-15-23(29(34)36-3)24(25-26(32-15)19-6-4-5-7-20(19)27(25)33)17-12-21(31)28(22(13-17)35-2)37-14-16-8-10-18(30)11-9-16/h4-13,24,32H,14H2,1-3H3/t24-/m1/s1. The van der Waals surface area contributed by atoms with Crippen LogP contribution in [0.4, 0.5) is 0 Å². The number of allylic oxidation sites excluding steroid dienone is 2. The van der Waals surface area contributed by atoms with Crippen molar-refractivity contribution in [2.24, 2.45) is 0 Å². The average Bonchev–Trinajstić information content (AvgIpc) is 3.18. The molecule has 0 radical (unpaired) electrons. The Labute approximate surface area is 242 Å². The van der Waals surface area contributed by atoms with Gasteiger partial charge in [0.1, 0.15) is 6.61 Å². The van der Waals surface area contributed by atoms with Crippen molar-refractivity contribution in [2.75, 3.05) is 14.2 Å². The summed E-state index contributed by atoms with van der Waals surface area (Å²) < 4.78 is 19.0. The Hall–Kier alpha value is -2.86. The second-order valence-electron chi connectivity index (χ2n) is 8.70. The Morgan fingerprint density at radius 2 is 1.70 bits per heavy atom. The van der Waals surface area contributed by atoms with Crippen LogP contribution in [0.2, 0.25) is 0 Å². The number of esters is 1. The van der Waals surface area contributed by atoms with E-state index in [0.29, 0.717) is 40.5 Å². The fraction of sp³-hybridized carbons (Fsp3) is 0.172. The van der Waals surface area contributed by atoms with Gasteiger partial charge in [0.25, 0.3) is 0 Å². The lowest BCUT2D eigenvalue weighted by Gasteiger charge is -2.29. The average molecular weight is 719 g/mol. The fourth-order valence-electron chi connectivity index (χ4n) is 4.83. The predicted octanol–water partition coefficient (Wildman–Crippen LogP) is 6.22. The number of Topliss-reactive ketones (excluding diaryl/α,β-unsaturated/α-hetero) is 1. The van der Waals surface area contributed by atoms with Crippen LogP contribution in [0.15, 0.2) is 77.5 Å². The van der Waals surface area contributed by atoms with Gasteiger partial charge in [0.05, 0.1) is 29.1 Å². The molecule has 0 saturated heterocycles. The van der Waals surface area contributed by atoms with E-state index >= 15 is 0 Å². The largest absolute Gasteiger partial charge is 0.493 e. The number of hydrogen-bond acceptors (Lipinski definition) is 6. The minimum absolute atomic E-state index is 0.106. The molecule has 6 nitrogen and oxygen atoms in total. The van der Waals surface area contributed by atoms with Gasteiger partial charge in [-0.2, -0.15) is 0 Å². The van der Waals surface area contributed by atoms with E-state index < -0.39 is 11.9 Å². The number of carbonyl (C=O) groups is 2. The fourth-order valence-corrected chi connectivity index (χ4v) is 5.97. The monoisotopic (exact) mass is 719 g/mol. The van der Waals surface area contributed by atoms with Crippen molar-refractivity contribution in [1.29, 1.82) is 0 Å². The van der Waals surface area contributed by atoms with Gasteiger partial charge in [-0.25, -0.2) is 4.79 Å². The van der Waals surface area contributed by atoms with Gasteiger partial charge in [-0.05, 0) is 87.5 Å². The van der Waals surface area contributed by atoms with Crippen molar-refractivity contribution >= 4 is 62.6 Å². The first-order valence-electron chi connectivity index (χ1n) is 11.5. The highest BCUT2D eigenvalue weighted by Gasteiger charge is 2.43. The molecule has 5 rings (SSSR count). The molecule has 0 saturated carbocycles. The smallest absolute Gasteiger partial charge is 0.336 e. The lowest BCUT2D eigenvalue weighted by Crippen LogP contribution is -2.29. The van der Waals surface area contributed by atoms with Crippen molar-refractivity contribution < 1.29 is 23.8 Å². The molecule has 0 bridgehead atoms. The van der Waals surface area contributed by atoms with Crippen LogP contribution in [0.1, 0.15) is 39.9 Å². The highest BCUT2D eigenvalue weighted by Crippen LogP contribution is 2.48. The van der Waals surface area contributed by atoms with Gasteiger partial charge < -0.3 is 19.5 Å². The number of nitrogens with one attached hydrogen (secondary N) is 1. The maximum absolute atomic E-state index is 13.6. The first kappa shape index (κ1) is 25.8. The van der Waals surface area contributed by atoms with E-state index in [1.807, 2.05) is 67.6 Å². The molecule has 1 aliphatic heterocycles. The summed E-state index contributed by atoms with van der Waals surface area (Å²) >= 11 is 4.48. The first-order valence-corrected chi connectivity index (χ1v) is 13.7. The van der Waals surface area contributed by atoms with Crippen LogP contribution in [-0.4, -0.2) is 26.0 Å². The van der Waals surface area contributed by atoms with Crippen LogP contribution < -0.4 is 14.8 Å². The van der Waals surface area contributed by atoms with E-state index in [0.717, 1.165) is 29.5 Å². The Morgan fingerprint density at radius 3 is 2.38 bits per heavy atom. The molecule has 3 aromatic rings. The molecule has 1 atom stereocenters. The summed E-state index contributed by atoms with van der Waals surface area (Å²) in [7, 11) is 2.93. The Kier molecular flexibility index (Phi) is 7.30. The second-order valence-corrected chi connectivity index (χ2v) is 11.1. The maximum atomic E-state index is 13.6. The lowest BCUT2D eigenvalue weighted by molar-refractivity contribution is -0.136. The normalized spacial score (nSPS) is 16.2. The Bertz CT molecular complexity index is 1490. The van der Waals surface area contributed by atoms with Crippen molar-refractivity contribution in [1.82, 2.24) is 5.32 Å². The van der Waals surface area contributed by atoms with Crippen LogP contribution in [0, 0.1) is 7.14 Å². The van der Waals surface area contributed by atoms with E-state index in [2.05, 4.69) is 50.5 Å². The zero-order valence-electron chi connectivity index (χ0n) is 20.4. The van der Waals surface area contributed by atoms with Crippen LogP contribution in [-0.2, 0) is 16.1 Å². The van der Waals surface area contributed by atoms with Gasteiger partial charge in [0.15, 0.2) is 17.3 Å². The molecular formula is C29H23I2NO5. The van der Waals surface area contributed by atoms with Crippen molar-refractivity contribution in [3.05, 3.63) is 107 Å². The zero-order chi connectivity index (χ0) is 26.3. The van der Waals surface area contributed by atoms with Crippen LogP contribution in [0.3, 0.4) is 0 Å². The van der Waals surface area contributed by atoms with Gasteiger partial charge in [-0.15, -0.1) is 0 Å². The quantitative estimate of drug-likeness (QED) is 0.241. The first-order chi connectivity index (χ1) is 17.8. The van der Waals surface area contributed by atoms with Crippen molar-refractivity contribution in [3.63, 3.8) is 0 Å². The molecule has 0 unspecified atom stereocenters. The molecule has 3 aromatic carbocycles. The molecule has 8 heteroatoms. The third-order valence-corrected chi connectivity index (χ3v) is 8.06. The molecule has 0 amide bonds. The summed E-state index contributed by atoms with van der Waals surface area (Å²) in [6, 6.07) is 19.4. The highest BCUT2D eigenvalue weighted by molar-refractivity contribution is 14.1. The van der Waals surface area contributed by atoms with Gasteiger partial charge in [-0.3, -0.25) is 4.79 Å². The molecule has 2 aliphatic rings. The highest BCUT2D eigenvalue weighted by atomic mass is 127. The van der Waals surface area contributed by atoms with Gasteiger partial charge in [-0.1, -0.05) is 36.4 Å². The van der Waals surface area contributed by atoms with E-state index in [1.54, 1.807) is 7.11 Å². The van der Waals surface area contributed by atoms with E-state index in [1.165, 1.54) is 7.11 Å². The summed E-state index contributed by atoms with van der Waals surface area (Å²) in [5.74, 6) is -0.0904. The third kappa shape index (κ3) is 4.65. The summed E-state index contributed by atoms with van der Waals surface area (Å²) in [6.07, 6.45) is 0. The number of carbonyl (C=O) groups excluding carboxylic acids is 2. The molecule has 1 aliphatic carbocycles. The van der Waals surface area contributed by atoms with Crippen LogP contribution >= 0.6 is 45.2 Å². The molecule has 1 N–H and O–H groups in total. The number of hydrogen-bond donors (Lipinski definition) is 1. The number of benzene rings is 3. The number of ketones is 1. The molecule has 0 fully saturated rings. The molecule has 37 heavy (non-hydrogen) atoms. The summed E-state index contributed by atoms with van der Waals surface area (Å²) in [4.78, 5) is 26.6. The van der Waals surface area contributed by atoms with E-state index in [9.17, 15) is 9.59 Å². The number of rotatable bonds is 6. The molecule has 0 spiro atoms. The number of halogens is 2. The number of methoxy groups -OCH3 is 2. The SMILES string of the molecule is COC(=O)C1=C(C)NC2=C(C(=O)c3ccccc32)[C@@H]1c1cc(I)c(OCc2ccc(I)cc2)c(OC)c1. The second kappa shape index (κ2) is 10.5. The Morgan fingerprint density at radius 1 is 1.00 bits per heavy atom. The minimum atomic E-state index is -0.628. The van der Waals surface area contributed by atoms with Gasteiger partial charge in [0, 0.05) is 31.9 Å². The van der Waals surface area contributed by atoms with Crippen LogP contribution in [0.25, 0.3) is 5.70 Å². The van der Waals surface area contributed by atoms with E-state index in [-0.39, 0.29) is 5.78 Å². The molecule has 0 aromatic heterocycles. The van der Waals surface area contributed by atoms with E-state index in [4.69, 9.17) is 14.2 Å². The summed E-state index contributed by atoms with van der Waals surface area (Å²) in [5.41, 5.74) is 5.52. The summed E-state index contributed by atoms with van der Waals surface area (Å²) in [5, 5.41) is 3.31. The minimum Gasteiger partial charge on any atom is -0.493 e. The lowest BCUT2D eigenvalue weighted by atomic mass is 9.79. The van der Waals surface area contributed by atoms with Crippen molar-refractivity contribution in [3.8, 4) is 11.5 Å². The van der Waals surface area contributed by atoms with Crippen molar-refractivity contribution in [2.45, 2.75) is 19.4 Å². The summed E-state index contributed by atoms with van der Waals surface area (Å²) in [6.45, 7) is 2.21. The Balaban J connectivity index is 1.60. The van der Waals surface area contributed by atoms with Gasteiger partial charge >= 0.3 is 5.97 Å². The van der Waals surface area contributed by atoms with Crippen LogP contribution in [0.5, 0.6) is 11.5 Å². The molecule has 188 valence electrons. The third-order valence-electron chi connectivity index (χ3n) is 6.54. The molecular weight excluding hydrogens is 696 g/mol. The maximum Gasteiger partial charge on any atom is 0.336 e. The van der Waals surface area contributed by atoms with Gasteiger partial charge in [0.2, 0.25) is 0 Å². The number of dihydropyridines is 1. The zero-order valence-corrected chi connectivity index (χ0v) is 24.7. The number of fused-ring (bicyclic) bond motifs is 2. The number of ether oxygens (including phenoxy) is 3. The predicted molar refractivity (Wildman–Crippen MR) is 157 cm³/mol. The molecule has 1 heterocycles. The topological polar surface area (TPSA) is 73.9 Å².